The molecular weight excluding hydrogens is 495 g/mol. The predicted molar refractivity (Wildman–Crippen MR) is 128 cm³/mol. The Kier molecular flexibility index (Phi) is 8.29. The lowest BCUT2D eigenvalue weighted by molar-refractivity contribution is -0.137. The summed E-state index contributed by atoms with van der Waals surface area (Å²) in [6.07, 6.45) is -4.02. The molecule has 0 saturated carbocycles. The second-order valence-electron chi connectivity index (χ2n) is 8.13. The number of rotatable bonds is 9. The van der Waals surface area contributed by atoms with Crippen molar-refractivity contribution in [2.75, 3.05) is 7.11 Å². The SMILES string of the molecule is CCC(C)N(Cc1cccc(OS(=O)(=O)c2cccc(C(F)(F)F)c2)c1)C(=O)c1cccc(OC)c1. The van der Waals surface area contributed by atoms with Crippen LogP contribution < -0.4 is 8.92 Å². The van der Waals surface area contributed by atoms with Crippen LogP contribution in [0.5, 0.6) is 11.5 Å². The van der Waals surface area contributed by atoms with E-state index in [9.17, 15) is 26.4 Å². The quantitative estimate of drug-likeness (QED) is 0.327. The molecule has 1 amide bonds. The molecule has 0 aliphatic carbocycles. The highest BCUT2D eigenvalue weighted by atomic mass is 32.2. The Balaban J connectivity index is 1.85. The van der Waals surface area contributed by atoms with Gasteiger partial charge in [0, 0.05) is 18.2 Å². The third-order valence-electron chi connectivity index (χ3n) is 5.61. The van der Waals surface area contributed by atoms with Crippen LogP contribution in [-0.2, 0) is 22.8 Å². The fraction of sp³-hybridized carbons (Fsp3) is 0.269. The number of alkyl halides is 3. The lowest BCUT2D eigenvalue weighted by Crippen LogP contribution is -2.37. The van der Waals surface area contributed by atoms with Crippen molar-refractivity contribution in [1.82, 2.24) is 4.90 Å². The van der Waals surface area contributed by atoms with E-state index >= 15 is 0 Å². The molecule has 0 bridgehead atoms. The lowest BCUT2D eigenvalue weighted by atomic mass is 10.1. The molecule has 10 heteroatoms. The number of carbonyl (C=O) groups is 1. The molecule has 0 fully saturated rings. The highest BCUT2D eigenvalue weighted by molar-refractivity contribution is 7.87. The van der Waals surface area contributed by atoms with E-state index in [-0.39, 0.29) is 24.2 Å². The average Bonchev–Trinajstić information content (AvgIpc) is 2.86. The number of benzene rings is 3. The van der Waals surface area contributed by atoms with Crippen molar-refractivity contribution in [2.45, 2.75) is 43.9 Å². The summed E-state index contributed by atoms with van der Waals surface area (Å²) < 4.78 is 74.7. The maximum absolute atomic E-state index is 13.3. The summed E-state index contributed by atoms with van der Waals surface area (Å²) in [5, 5.41) is 0. The van der Waals surface area contributed by atoms with Gasteiger partial charge < -0.3 is 13.8 Å². The zero-order valence-electron chi connectivity index (χ0n) is 20.0. The van der Waals surface area contributed by atoms with Crippen LogP contribution in [0, 0.1) is 0 Å². The summed E-state index contributed by atoms with van der Waals surface area (Å²) in [5.74, 6) is 0.231. The van der Waals surface area contributed by atoms with Crippen molar-refractivity contribution in [3.63, 3.8) is 0 Å². The first-order valence-electron chi connectivity index (χ1n) is 11.1. The summed E-state index contributed by atoms with van der Waals surface area (Å²) in [4.78, 5) is 14.3. The number of halogens is 3. The van der Waals surface area contributed by atoms with Crippen LogP contribution in [0.3, 0.4) is 0 Å². The molecule has 0 aliphatic rings. The van der Waals surface area contributed by atoms with Gasteiger partial charge in [0.1, 0.15) is 16.4 Å². The summed E-state index contributed by atoms with van der Waals surface area (Å²) in [5.41, 5.74) is -0.0707. The van der Waals surface area contributed by atoms with Gasteiger partial charge in [0.25, 0.3) is 5.91 Å². The van der Waals surface area contributed by atoms with Gasteiger partial charge >= 0.3 is 16.3 Å². The molecule has 3 aromatic rings. The molecule has 3 rings (SSSR count). The Labute approximate surface area is 208 Å². The van der Waals surface area contributed by atoms with Gasteiger partial charge in [0.05, 0.1) is 12.7 Å². The maximum atomic E-state index is 13.3. The second kappa shape index (κ2) is 11.0. The molecule has 6 nitrogen and oxygen atoms in total. The summed E-state index contributed by atoms with van der Waals surface area (Å²) in [6.45, 7) is 4.00. The van der Waals surface area contributed by atoms with Gasteiger partial charge in [-0.25, -0.2) is 0 Å². The Morgan fingerprint density at radius 2 is 1.64 bits per heavy atom. The van der Waals surface area contributed by atoms with Crippen molar-refractivity contribution in [2.24, 2.45) is 0 Å². The third-order valence-corrected chi connectivity index (χ3v) is 6.85. The van der Waals surface area contributed by atoms with Gasteiger partial charge in [-0.1, -0.05) is 31.2 Å². The number of hydrogen-bond acceptors (Lipinski definition) is 5. The first-order valence-corrected chi connectivity index (χ1v) is 12.5. The molecule has 0 heterocycles. The fourth-order valence-electron chi connectivity index (χ4n) is 3.47. The second-order valence-corrected chi connectivity index (χ2v) is 9.68. The van der Waals surface area contributed by atoms with Crippen LogP contribution in [0.4, 0.5) is 13.2 Å². The maximum Gasteiger partial charge on any atom is 0.416 e. The van der Waals surface area contributed by atoms with Gasteiger partial charge in [-0.3, -0.25) is 4.79 Å². The predicted octanol–water partition coefficient (Wildman–Crippen LogP) is 5.92. The molecule has 0 radical (unpaired) electrons. The Hall–Kier alpha value is -3.53. The number of methoxy groups -OCH3 is 1. The molecule has 0 aliphatic heterocycles. The van der Waals surface area contributed by atoms with E-state index in [1.165, 1.54) is 19.2 Å². The first kappa shape index (κ1) is 27.1. The minimum Gasteiger partial charge on any atom is -0.497 e. The largest absolute Gasteiger partial charge is 0.497 e. The Morgan fingerprint density at radius 1 is 0.972 bits per heavy atom. The van der Waals surface area contributed by atoms with Gasteiger partial charge in [0.15, 0.2) is 0 Å². The van der Waals surface area contributed by atoms with Gasteiger partial charge in [0.2, 0.25) is 0 Å². The molecule has 0 N–H and O–H groups in total. The van der Waals surface area contributed by atoms with E-state index in [0.717, 1.165) is 18.2 Å². The molecule has 0 spiro atoms. The van der Waals surface area contributed by atoms with Crippen LogP contribution >= 0.6 is 0 Å². The van der Waals surface area contributed by atoms with Crippen LogP contribution in [0.25, 0.3) is 0 Å². The highest BCUT2D eigenvalue weighted by Crippen LogP contribution is 2.31. The van der Waals surface area contributed by atoms with E-state index in [1.54, 1.807) is 41.3 Å². The summed E-state index contributed by atoms with van der Waals surface area (Å²) in [6, 6.07) is 16.1. The lowest BCUT2D eigenvalue weighted by Gasteiger charge is -2.29. The van der Waals surface area contributed by atoms with Crippen LogP contribution in [0.2, 0.25) is 0 Å². The minimum atomic E-state index is -4.69. The van der Waals surface area contributed by atoms with E-state index in [2.05, 4.69) is 0 Å². The monoisotopic (exact) mass is 521 g/mol. The van der Waals surface area contributed by atoms with Crippen LogP contribution in [0.1, 0.15) is 41.8 Å². The van der Waals surface area contributed by atoms with Crippen molar-refractivity contribution in [1.29, 1.82) is 0 Å². The number of carbonyl (C=O) groups excluding carboxylic acids is 1. The van der Waals surface area contributed by atoms with Crippen molar-refractivity contribution in [3.8, 4) is 11.5 Å². The average molecular weight is 522 g/mol. The number of hydrogen-bond donors (Lipinski definition) is 0. The van der Waals surface area contributed by atoms with Crippen molar-refractivity contribution < 1.29 is 35.3 Å². The summed E-state index contributed by atoms with van der Waals surface area (Å²) in [7, 11) is -3.01. The van der Waals surface area contributed by atoms with Crippen LogP contribution in [-0.4, -0.2) is 32.4 Å². The van der Waals surface area contributed by atoms with Crippen molar-refractivity contribution >= 4 is 16.0 Å². The molecule has 0 saturated heterocycles. The normalized spacial score (nSPS) is 12.6. The molecule has 1 atom stereocenters. The highest BCUT2D eigenvalue weighted by Gasteiger charge is 2.32. The van der Waals surface area contributed by atoms with E-state index in [1.807, 2.05) is 13.8 Å². The minimum absolute atomic E-state index is 0.0807. The molecule has 36 heavy (non-hydrogen) atoms. The molecule has 0 aromatic heterocycles. The molecular formula is C26H26F3NO5S. The number of nitrogens with zero attached hydrogens (tertiary/aromatic N) is 1. The number of ether oxygens (including phenoxy) is 1. The first-order chi connectivity index (χ1) is 16.9. The van der Waals surface area contributed by atoms with Crippen molar-refractivity contribution in [3.05, 3.63) is 89.5 Å². The topological polar surface area (TPSA) is 72.9 Å². The Bertz CT molecular complexity index is 1320. The molecule has 192 valence electrons. The van der Waals surface area contributed by atoms with Gasteiger partial charge in [-0.2, -0.15) is 21.6 Å². The zero-order valence-corrected chi connectivity index (χ0v) is 20.8. The van der Waals surface area contributed by atoms with Crippen LogP contribution in [0.15, 0.2) is 77.7 Å². The van der Waals surface area contributed by atoms with E-state index in [4.69, 9.17) is 8.92 Å². The van der Waals surface area contributed by atoms with Gasteiger partial charge in [-0.15, -0.1) is 0 Å². The van der Waals surface area contributed by atoms with Gasteiger partial charge in [-0.05, 0) is 67.4 Å². The number of amides is 1. The molecule has 3 aromatic carbocycles. The van der Waals surface area contributed by atoms with E-state index < -0.39 is 26.8 Å². The standard InChI is InChI=1S/C26H26F3NO5S/c1-4-18(2)30(25(31)20-9-6-11-22(15-20)34-3)17-19-8-5-12-23(14-19)35-36(32,33)24-13-7-10-21(16-24)26(27,28)29/h5-16,18H,4,17H2,1-3H3. The molecule has 1 unspecified atom stereocenters. The smallest absolute Gasteiger partial charge is 0.416 e. The zero-order chi connectivity index (χ0) is 26.5. The Morgan fingerprint density at radius 3 is 2.31 bits per heavy atom. The van der Waals surface area contributed by atoms with E-state index in [0.29, 0.717) is 29.4 Å². The summed E-state index contributed by atoms with van der Waals surface area (Å²) >= 11 is 0. The fourth-order valence-corrected chi connectivity index (χ4v) is 4.44. The third kappa shape index (κ3) is 6.57.